The lowest BCUT2D eigenvalue weighted by Crippen LogP contribution is -2.57. The molecule has 1 aromatic rings. The summed E-state index contributed by atoms with van der Waals surface area (Å²) >= 11 is 0. The maximum absolute atomic E-state index is 12.8. The molecule has 7 heteroatoms. The summed E-state index contributed by atoms with van der Waals surface area (Å²) in [6.07, 6.45) is 6.09. The smallest absolute Gasteiger partial charge is 0.366 e. The molecule has 7 nitrogen and oxygen atoms in total. The van der Waals surface area contributed by atoms with Crippen LogP contribution in [0.15, 0.2) is 18.2 Å². The van der Waals surface area contributed by atoms with E-state index in [0.29, 0.717) is 24.8 Å². The van der Waals surface area contributed by atoms with Crippen LogP contribution in [0, 0.1) is 5.92 Å². The lowest BCUT2D eigenvalue weighted by molar-refractivity contribution is -0.188. The van der Waals surface area contributed by atoms with Crippen molar-refractivity contribution in [2.75, 3.05) is 6.61 Å². The summed E-state index contributed by atoms with van der Waals surface area (Å²) in [5, 5.41) is 19.3. The molecule has 0 aliphatic heterocycles. The number of phenols is 2. The van der Waals surface area contributed by atoms with Gasteiger partial charge in [-0.3, -0.25) is 10.5 Å². The van der Waals surface area contributed by atoms with Crippen LogP contribution in [0.2, 0.25) is 0 Å². The first kappa shape index (κ1) is 22.0. The number of esters is 2. The Morgan fingerprint density at radius 1 is 1.18 bits per heavy atom. The van der Waals surface area contributed by atoms with Gasteiger partial charge >= 0.3 is 11.9 Å². The van der Waals surface area contributed by atoms with E-state index in [2.05, 4.69) is 0 Å². The zero-order chi connectivity index (χ0) is 20.7. The highest BCUT2D eigenvalue weighted by molar-refractivity contribution is 5.84. The van der Waals surface area contributed by atoms with Gasteiger partial charge < -0.3 is 19.7 Å². The third kappa shape index (κ3) is 5.16. The van der Waals surface area contributed by atoms with Gasteiger partial charge in [0.2, 0.25) is 0 Å². The van der Waals surface area contributed by atoms with Crippen LogP contribution in [-0.4, -0.2) is 34.5 Å². The molecule has 156 valence electrons. The molecule has 2 atom stereocenters. The van der Waals surface area contributed by atoms with Crippen molar-refractivity contribution in [2.45, 2.75) is 70.4 Å². The summed E-state index contributed by atoms with van der Waals surface area (Å²) in [6.45, 7) is 3.64. The van der Waals surface area contributed by atoms with Crippen molar-refractivity contribution >= 4 is 11.9 Å². The molecule has 0 bridgehead atoms. The van der Waals surface area contributed by atoms with E-state index in [0.717, 1.165) is 25.7 Å². The fraction of sp³-hybridized carbons (Fsp3) is 0.619. The number of hydrogen-bond acceptors (Lipinski definition) is 7. The first-order chi connectivity index (χ1) is 13.3. The fourth-order valence-corrected chi connectivity index (χ4v) is 3.44. The third-order valence-corrected chi connectivity index (χ3v) is 5.36. The average molecular weight is 393 g/mol. The second kappa shape index (κ2) is 9.78. The van der Waals surface area contributed by atoms with Crippen molar-refractivity contribution < 1.29 is 29.3 Å². The standard InChI is InChI=1S/C21H31NO6/c1-3-12-27-20(26)21(22,14(2)16-10-11-17(23)18(24)13-16)28-19(25)15-8-6-4-5-7-9-15/h10-11,13-15,23-24H,3-9,12,22H2,1-2H3/t14?,21-/m0/s1. The van der Waals surface area contributed by atoms with Crippen LogP contribution in [0.3, 0.4) is 0 Å². The number of ether oxygens (including phenoxy) is 2. The Labute approximate surface area is 165 Å². The minimum Gasteiger partial charge on any atom is -0.504 e. The molecule has 28 heavy (non-hydrogen) atoms. The molecule has 1 aliphatic carbocycles. The molecule has 1 aromatic carbocycles. The second-order valence-corrected chi connectivity index (χ2v) is 7.51. The molecule has 1 aliphatic rings. The first-order valence-corrected chi connectivity index (χ1v) is 10.0. The Morgan fingerprint density at radius 3 is 2.39 bits per heavy atom. The van der Waals surface area contributed by atoms with Gasteiger partial charge in [-0.25, -0.2) is 4.79 Å². The molecule has 1 unspecified atom stereocenters. The first-order valence-electron chi connectivity index (χ1n) is 10.0. The average Bonchev–Trinajstić information content (AvgIpc) is 2.97. The molecule has 2 rings (SSSR count). The van der Waals surface area contributed by atoms with Crippen LogP contribution in [0.4, 0.5) is 0 Å². The van der Waals surface area contributed by atoms with Crippen molar-refractivity contribution in [3.8, 4) is 11.5 Å². The molecule has 0 aromatic heterocycles. The van der Waals surface area contributed by atoms with Crippen LogP contribution >= 0.6 is 0 Å². The lowest BCUT2D eigenvalue weighted by atomic mass is 9.89. The molecule has 0 spiro atoms. The Hall–Kier alpha value is -2.28. The van der Waals surface area contributed by atoms with E-state index in [9.17, 15) is 19.8 Å². The van der Waals surface area contributed by atoms with Crippen LogP contribution in [0.5, 0.6) is 11.5 Å². The zero-order valence-electron chi connectivity index (χ0n) is 16.6. The van der Waals surface area contributed by atoms with E-state index in [4.69, 9.17) is 15.2 Å². The predicted molar refractivity (Wildman–Crippen MR) is 104 cm³/mol. The summed E-state index contributed by atoms with van der Waals surface area (Å²) in [7, 11) is 0. The van der Waals surface area contributed by atoms with Gasteiger partial charge in [-0.2, -0.15) is 0 Å². The van der Waals surface area contributed by atoms with E-state index < -0.39 is 23.6 Å². The normalized spacial score (nSPS) is 18.5. The maximum Gasteiger partial charge on any atom is 0.366 e. The van der Waals surface area contributed by atoms with Gasteiger partial charge in [0.25, 0.3) is 5.72 Å². The SMILES string of the molecule is CCCOC(=O)[C@@](N)(OC(=O)C1CCCCCC1)C(C)c1ccc(O)c(O)c1. The van der Waals surface area contributed by atoms with E-state index >= 15 is 0 Å². The largest absolute Gasteiger partial charge is 0.504 e. The number of hydrogen-bond donors (Lipinski definition) is 3. The summed E-state index contributed by atoms with van der Waals surface area (Å²) in [4.78, 5) is 25.5. The number of rotatable bonds is 7. The highest BCUT2D eigenvalue weighted by atomic mass is 16.6. The molecule has 0 heterocycles. The fourth-order valence-electron chi connectivity index (χ4n) is 3.44. The van der Waals surface area contributed by atoms with Crippen molar-refractivity contribution in [1.82, 2.24) is 0 Å². The molecular formula is C21H31NO6. The monoisotopic (exact) mass is 393 g/mol. The number of phenolic OH excluding ortho intramolecular Hbond substituents is 2. The zero-order valence-corrected chi connectivity index (χ0v) is 16.6. The minimum absolute atomic E-state index is 0.159. The van der Waals surface area contributed by atoms with Crippen LogP contribution in [0.1, 0.15) is 70.3 Å². The Bertz CT molecular complexity index is 683. The summed E-state index contributed by atoms with van der Waals surface area (Å²) < 4.78 is 10.8. The summed E-state index contributed by atoms with van der Waals surface area (Å²) in [5.41, 5.74) is 4.75. The highest BCUT2D eigenvalue weighted by Crippen LogP contribution is 2.35. The van der Waals surface area contributed by atoms with Crippen molar-refractivity contribution in [3.63, 3.8) is 0 Å². The van der Waals surface area contributed by atoms with Gasteiger partial charge in [0, 0.05) is 5.92 Å². The molecule has 4 N–H and O–H groups in total. The maximum atomic E-state index is 12.8. The van der Waals surface area contributed by atoms with E-state index in [1.165, 1.54) is 18.2 Å². The predicted octanol–water partition coefficient (Wildman–Crippen LogP) is 3.32. The molecule has 0 radical (unpaired) electrons. The quantitative estimate of drug-likeness (QED) is 0.281. The molecular weight excluding hydrogens is 362 g/mol. The van der Waals surface area contributed by atoms with Crippen molar-refractivity contribution in [1.29, 1.82) is 0 Å². The minimum atomic E-state index is -2.03. The number of carbonyl (C=O) groups is 2. The van der Waals surface area contributed by atoms with Gasteiger partial charge in [0.15, 0.2) is 11.5 Å². The molecule has 1 saturated carbocycles. The Morgan fingerprint density at radius 2 is 1.82 bits per heavy atom. The van der Waals surface area contributed by atoms with Gasteiger partial charge in [-0.1, -0.05) is 45.6 Å². The number of nitrogens with two attached hydrogens (primary N) is 1. The van der Waals surface area contributed by atoms with Gasteiger partial charge in [0.1, 0.15) is 0 Å². The van der Waals surface area contributed by atoms with Crippen molar-refractivity contribution in [3.05, 3.63) is 23.8 Å². The van der Waals surface area contributed by atoms with Crippen LogP contribution in [0.25, 0.3) is 0 Å². The lowest BCUT2D eigenvalue weighted by Gasteiger charge is -2.34. The van der Waals surface area contributed by atoms with E-state index in [1.807, 2.05) is 6.92 Å². The van der Waals surface area contributed by atoms with E-state index in [1.54, 1.807) is 6.92 Å². The summed E-state index contributed by atoms with van der Waals surface area (Å²) in [6, 6.07) is 4.12. The van der Waals surface area contributed by atoms with Crippen molar-refractivity contribution in [2.24, 2.45) is 11.7 Å². The molecule has 1 fully saturated rings. The number of carbonyl (C=O) groups excluding carboxylic acids is 2. The Balaban J connectivity index is 2.28. The number of aromatic hydroxyl groups is 2. The number of benzene rings is 1. The summed E-state index contributed by atoms with van der Waals surface area (Å²) in [5.74, 6) is -3.03. The second-order valence-electron chi connectivity index (χ2n) is 7.51. The molecule has 0 amide bonds. The van der Waals surface area contributed by atoms with Crippen LogP contribution < -0.4 is 5.73 Å². The topological polar surface area (TPSA) is 119 Å². The highest BCUT2D eigenvalue weighted by Gasteiger charge is 2.47. The van der Waals surface area contributed by atoms with Crippen LogP contribution in [-0.2, 0) is 19.1 Å². The van der Waals surface area contributed by atoms with Gasteiger partial charge in [0.05, 0.1) is 12.5 Å². The van der Waals surface area contributed by atoms with Gasteiger partial charge in [-0.05, 0) is 37.0 Å². The van der Waals surface area contributed by atoms with E-state index in [-0.39, 0.29) is 24.0 Å². The molecule has 0 saturated heterocycles. The van der Waals surface area contributed by atoms with Gasteiger partial charge in [-0.15, -0.1) is 0 Å². The Kier molecular flexibility index (Phi) is 7.69. The third-order valence-electron chi connectivity index (χ3n) is 5.36.